The Morgan fingerprint density at radius 1 is 1.09 bits per heavy atom. The Kier molecular flexibility index (Phi) is 2.60. The Hall–Kier alpha value is -3.01. The topological polar surface area (TPSA) is 45.6 Å². The number of hydrogen-bond acceptors (Lipinski definition) is 3. The number of carbonyl (C=O) groups excluding carboxylic acids is 1. The summed E-state index contributed by atoms with van der Waals surface area (Å²) in [6.07, 6.45) is 1.60. The van der Waals surface area contributed by atoms with Crippen LogP contribution in [0.2, 0.25) is 0 Å². The van der Waals surface area contributed by atoms with Gasteiger partial charge in [-0.15, -0.1) is 0 Å². The van der Waals surface area contributed by atoms with Crippen molar-refractivity contribution >= 4 is 29.1 Å². The molecule has 3 aromatic rings. The number of rotatable bonds is 1. The minimum absolute atomic E-state index is 0.151. The van der Waals surface area contributed by atoms with E-state index >= 15 is 0 Å². The highest BCUT2D eigenvalue weighted by molar-refractivity contribution is 6.08. The molecule has 0 spiro atoms. The average Bonchev–Trinajstić information content (AvgIpc) is 2.89. The summed E-state index contributed by atoms with van der Waals surface area (Å²) in [5.41, 5.74) is 3.15. The lowest BCUT2D eigenvalue weighted by molar-refractivity contribution is 0.0994. The van der Waals surface area contributed by atoms with Crippen LogP contribution in [0.3, 0.4) is 0 Å². The highest BCUT2D eigenvalue weighted by atomic mass is 16.2. The van der Waals surface area contributed by atoms with E-state index in [2.05, 4.69) is 16.7 Å². The molecule has 0 saturated heterocycles. The first kappa shape index (κ1) is 12.7. The number of amides is 1. The van der Waals surface area contributed by atoms with Crippen LogP contribution in [-0.2, 0) is 0 Å². The molecule has 0 fully saturated rings. The number of hydrogen-bond donors (Lipinski definition) is 0. The van der Waals surface area contributed by atoms with Crippen LogP contribution in [0.5, 0.6) is 0 Å². The third-order valence-corrected chi connectivity index (χ3v) is 3.97. The molecule has 0 radical (unpaired) electrons. The number of aryl methyl sites for hydroxylation is 1. The van der Waals surface area contributed by atoms with Crippen LogP contribution in [-0.4, -0.2) is 10.9 Å². The second-order valence-electron chi connectivity index (χ2n) is 5.33. The fourth-order valence-corrected chi connectivity index (χ4v) is 2.68. The second kappa shape index (κ2) is 4.49. The Balaban J connectivity index is 2.02. The summed E-state index contributed by atoms with van der Waals surface area (Å²) in [4.78, 5) is 17.0. The van der Waals surface area contributed by atoms with Crippen molar-refractivity contribution in [2.45, 2.75) is 6.92 Å². The number of benzene rings is 2. The predicted molar refractivity (Wildman–Crippen MR) is 86.0 cm³/mol. The zero-order valence-electron chi connectivity index (χ0n) is 12.1. The van der Waals surface area contributed by atoms with Crippen LogP contribution in [0.1, 0.15) is 15.9 Å². The van der Waals surface area contributed by atoms with E-state index in [4.69, 9.17) is 0 Å². The summed E-state index contributed by atoms with van der Waals surface area (Å²) < 4.78 is 0. The Morgan fingerprint density at radius 3 is 2.64 bits per heavy atom. The average molecular weight is 287 g/mol. The molecule has 1 aliphatic rings. The van der Waals surface area contributed by atoms with Crippen LogP contribution < -0.4 is 15.6 Å². The Morgan fingerprint density at radius 2 is 1.86 bits per heavy atom. The zero-order valence-corrected chi connectivity index (χ0v) is 12.1. The van der Waals surface area contributed by atoms with Gasteiger partial charge in [0.2, 0.25) is 0 Å². The SMILES string of the molecule is C=c1c(C)ccc2c3c(cnc12)C(=O)N(c1ccccc1)N=3. The van der Waals surface area contributed by atoms with Crippen molar-refractivity contribution in [1.29, 1.82) is 0 Å². The van der Waals surface area contributed by atoms with E-state index in [0.717, 1.165) is 27.4 Å². The van der Waals surface area contributed by atoms with E-state index in [9.17, 15) is 4.79 Å². The van der Waals surface area contributed by atoms with Crippen molar-refractivity contribution in [2.75, 3.05) is 5.01 Å². The van der Waals surface area contributed by atoms with Gasteiger partial charge in [-0.05, 0) is 29.8 Å². The van der Waals surface area contributed by atoms with Crippen molar-refractivity contribution in [3.63, 3.8) is 0 Å². The van der Waals surface area contributed by atoms with Crippen molar-refractivity contribution in [2.24, 2.45) is 5.10 Å². The van der Waals surface area contributed by atoms with Crippen LogP contribution in [0, 0.1) is 6.92 Å². The fourth-order valence-electron chi connectivity index (χ4n) is 2.68. The minimum atomic E-state index is -0.151. The first-order valence-electron chi connectivity index (χ1n) is 7.02. The van der Waals surface area contributed by atoms with E-state index < -0.39 is 0 Å². The van der Waals surface area contributed by atoms with E-state index in [-0.39, 0.29) is 5.91 Å². The van der Waals surface area contributed by atoms with Gasteiger partial charge in [-0.1, -0.05) is 36.9 Å². The van der Waals surface area contributed by atoms with Crippen LogP contribution >= 0.6 is 0 Å². The maximum Gasteiger partial charge on any atom is 0.282 e. The van der Waals surface area contributed by atoms with Gasteiger partial charge >= 0.3 is 0 Å². The minimum Gasteiger partial charge on any atom is -0.267 e. The monoisotopic (exact) mass is 287 g/mol. The molecule has 4 heteroatoms. The van der Waals surface area contributed by atoms with Crippen molar-refractivity contribution in [1.82, 2.24) is 4.98 Å². The van der Waals surface area contributed by atoms with Crippen LogP contribution in [0.4, 0.5) is 5.69 Å². The summed E-state index contributed by atoms with van der Waals surface area (Å²) in [7, 11) is 0. The molecule has 0 aliphatic carbocycles. The number of nitrogens with zero attached hydrogens (tertiary/aromatic N) is 3. The molecule has 22 heavy (non-hydrogen) atoms. The Labute approximate surface area is 127 Å². The molecule has 1 aromatic heterocycles. The highest BCUT2D eigenvalue weighted by Crippen LogP contribution is 2.20. The highest BCUT2D eigenvalue weighted by Gasteiger charge is 2.26. The summed E-state index contributed by atoms with van der Waals surface area (Å²) >= 11 is 0. The predicted octanol–water partition coefficient (Wildman–Crippen LogP) is 2.15. The molecule has 0 saturated carbocycles. The number of pyridine rings is 1. The van der Waals surface area contributed by atoms with Crippen molar-refractivity contribution in [3.05, 3.63) is 70.4 Å². The quantitative estimate of drug-likeness (QED) is 0.688. The first-order chi connectivity index (χ1) is 10.7. The maximum atomic E-state index is 12.6. The van der Waals surface area contributed by atoms with Crippen molar-refractivity contribution in [3.8, 4) is 0 Å². The molecule has 2 aromatic carbocycles. The van der Waals surface area contributed by atoms with Crippen LogP contribution in [0.15, 0.2) is 53.8 Å². The zero-order chi connectivity index (χ0) is 15.3. The summed E-state index contributed by atoms with van der Waals surface area (Å²) in [6, 6.07) is 13.3. The van der Waals surface area contributed by atoms with E-state index in [1.54, 1.807) is 6.20 Å². The Bertz CT molecular complexity index is 1030. The standard InChI is InChI=1S/C18H13N3O/c1-11-8-9-14-16(12(11)2)19-10-15-17(14)20-21(18(15)22)13-6-4-3-5-7-13/h3-10H,2H2,1H3. The summed E-state index contributed by atoms with van der Waals surface area (Å²) in [5.74, 6) is -0.151. The van der Waals surface area contributed by atoms with Gasteiger partial charge in [-0.25, -0.2) is 0 Å². The van der Waals surface area contributed by atoms with E-state index in [1.807, 2.05) is 49.4 Å². The van der Waals surface area contributed by atoms with E-state index in [0.29, 0.717) is 10.9 Å². The van der Waals surface area contributed by atoms with Gasteiger partial charge in [0.05, 0.1) is 16.8 Å². The van der Waals surface area contributed by atoms with Crippen molar-refractivity contribution < 1.29 is 4.79 Å². The normalized spacial score (nSPS) is 13.3. The van der Waals surface area contributed by atoms with Gasteiger partial charge in [-0.3, -0.25) is 9.78 Å². The van der Waals surface area contributed by atoms with Gasteiger partial charge in [0, 0.05) is 11.6 Å². The number of anilines is 1. The molecule has 4 nitrogen and oxygen atoms in total. The molecule has 0 bridgehead atoms. The maximum absolute atomic E-state index is 12.6. The van der Waals surface area contributed by atoms with Gasteiger partial charge in [0.25, 0.3) is 5.91 Å². The molecule has 1 amide bonds. The van der Waals surface area contributed by atoms with Gasteiger partial charge < -0.3 is 0 Å². The fraction of sp³-hybridized carbons (Fsp3) is 0.0556. The molecule has 0 unspecified atom stereocenters. The lowest BCUT2D eigenvalue weighted by Crippen LogP contribution is -2.21. The molecule has 2 heterocycles. The molecular weight excluding hydrogens is 274 g/mol. The van der Waals surface area contributed by atoms with Gasteiger partial charge in [0.1, 0.15) is 5.36 Å². The number of para-hydroxylation sites is 1. The van der Waals surface area contributed by atoms with E-state index in [1.165, 1.54) is 5.01 Å². The van der Waals surface area contributed by atoms with Gasteiger partial charge in [-0.2, -0.15) is 10.1 Å². The number of aromatic nitrogens is 1. The molecular formula is C18H13N3O. The molecule has 106 valence electrons. The van der Waals surface area contributed by atoms with Crippen LogP contribution in [0.25, 0.3) is 17.5 Å². The number of carbonyl (C=O) groups is 1. The molecule has 1 aliphatic heterocycles. The second-order valence-corrected chi connectivity index (χ2v) is 5.33. The lowest BCUT2D eigenvalue weighted by atomic mass is 10.1. The third-order valence-electron chi connectivity index (χ3n) is 3.97. The third kappa shape index (κ3) is 1.67. The lowest BCUT2D eigenvalue weighted by Gasteiger charge is -2.10. The molecule has 4 rings (SSSR count). The summed E-state index contributed by atoms with van der Waals surface area (Å²) in [5, 5.41) is 8.35. The number of fused-ring (bicyclic) bond motifs is 3. The molecule has 0 atom stereocenters. The molecule has 0 N–H and O–H groups in total. The first-order valence-corrected chi connectivity index (χ1v) is 7.02. The largest absolute Gasteiger partial charge is 0.282 e. The smallest absolute Gasteiger partial charge is 0.267 e. The van der Waals surface area contributed by atoms with Gasteiger partial charge in [0.15, 0.2) is 0 Å². The summed E-state index contributed by atoms with van der Waals surface area (Å²) in [6.45, 7) is 6.06.